The van der Waals surface area contributed by atoms with Crippen molar-refractivity contribution in [3.8, 4) is 0 Å². The van der Waals surface area contributed by atoms with Crippen LogP contribution in [0.1, 0.15) is 24.8 Å². The molecule has 2 rings (SSSR count). The number of likely N-dealkylation sites (N-methyl/N-ethyl adjacent to an activating group) is 1. The fourth-order valence-electron chi connectivity index (χ4n) is 3.07. The van der Waals surface area contributed by atoms with Gasteiger partial charge in [-0.2, -0.15) is 0 Å². The van der Waals surface area contributed by atoms with E-state index < -0.39 is 12.0 Å². The van der Waals surface area contributed by atoms with E-state index in [0.717, 1.165) is 38.9 Å². The Hall–Kier alpha value is -1.39. The number of nitrogens with zero attached hydrogens (tertiary/aromatic N) is 1. The Bertz CT molecular complexity index is 422. The molecule has 0 spiro atoms. The minimum absolute atomic E-state index is 0.184. The van der Waals surface area contributed by atoms with E-state index in [1.165, 1.54) is 5.56 Å². The van der Waals surface area contributed by atoms with Crippen LogP contribution in [0.3, 0.4) is 0 Å². The van der Waals surface area contributed by atoms with Gasteiger partial charge in [0.05, 0.1) is 0 Å². The van der Waals surface area contributed by atoms with E-state index in [-0.39, 0.29) is 5.92 Å². The lowest BCUT2D eigenvalue weighted by Crippen LogP contribution is -2.45. The zero-order valence-electron chi connectivity index (χ0n) is 12.1. The number of hydrogen-bond acceptors (Lipinski definition) is 3. The Labute approximate surface area is 120 Å². The van der Waals surface area contributed by atoms with Gasteiger partial charge in [-0.15, -0.1) is 0 Å². The molecule has 1 saturated heterocycles. The maximum Gasteiger partial charge on any atom is 0.321 e. The summed E-state index contributed by atoms with van der Waals surface area (Å²) in [7, 11) is 1.74. The van der Waals surface area contributed by atoms with Crippen molar-refractivity contribution in [3.63, 3.8) is 0 Å². The second kappa shape index (κ2) is 7.41. The molecule has 1 fully saturated rings. The van der Waals surface area contributed by atoms with E-state index in [9.17, 15) is 9.90 Å². The molecule has 110 valence electrons. The lowest BCUT2D eigenvalue weighted by atomic mass is 9.94. The molecule has 1 aliphatic heterocycles. The van der Waals surface area contributed by atoms with Gasteiger partial charge in [0.1, 0.15) is 6.04 Å². The van der Waals surface area contributed by atoms with Crippen LogP contribution < -0.4 is 5.32 Å². The summed E-state index contributed by atoms with van der Waals surface area (Å²) in [4.78, 5) is 13.7. The highest BCUT2D eigenvalue weighted by atomic mass is 16.4. The molecular weight excluding hydrogens is 252 g/mol. The molecule has 0 aliphatic carbocycles. The van der Waals surface area contributed by atoms with Crippen molar-refractivity contribution in [3.05, 3.63) is 35.9 Å². The van der Waals surface area contributed by atoms with Crippen molar-refractivity contribution >= 4 is 5.97 Å². The molecule has 2 atom stereocenters. The predicted molar refractivity (Wildman–Crippen MR) is 79.5 cm³/mol. The van der Waals surface area contributed by atoms with Gasteiger partial charge in [0.2, 0.25) is 0 Å². The van der Waals surface area contributed by atoms with E-state index >= 15 is 0 Å². The summed E-state index contributed by atoms with van der Waals surface area (Å²) in [6.07, 6.45) is 3.25. The molecule has 0 radical (unpaired) electrons. The number of aliphatic carboxylic acids is 1. The molecule has 0 saturated carbocycles. The van der Waals surface area contributed by atoms with Gasteiger partial charge < -0.3 is 10.4 Å². The van der Waals surface area contributed by atoms with Gasteiger partial charge in [0.15, 0.2) is 0 Å². The molecule has 0 bridgehead atoms. The average Bonchev–Trinajstić information content (AvgIpc) is 2.66. The predicted octanol–water partition coefficient (Wildman–Crippen LogP) is 1.96. The summed E-state index contributed by atoms with van der Waals surface area (Å²) in [5.41, 5.74) is 1.30. The number of nitrogens with one attached hydrogen (secondary N) is 1. The fourth-order valence-corrected chi connectivity index (χ4v) is 3.07. The normalized spacial score (nSPS) is 22.1. The first-order valence-electron chi connectivity index (χ1n) is 7.37. The van der Waals surface area contributed by atoms with Gasteiger partial charge in [-0.25, -0.2) is 0 Å². The first-order valence-corrected chi connectivity index (χ1v) is 7.37. The van der Waals surface area contributed by atoms with Crippen LogP contribution in [0.4, 0.5) is 0 Å². The molecule has 2 unspecified atom stereocenters. The highest BCUT2D eigenvalue weighted by molar-refractivity contribution is 5.73. The SMILES string of the molecule is CNC(C(=O)O)C1CCCCN(Cc2ccccc2)C1. The van der Waals surface area contributed by atoms with Crippen LogP contribution in [-0.2, 0) is 11.3 Å². The van der Waals surface area contributed by atoms with Gasteiger partial charge in [-0.1, -0.05) is 36.8 Å². The molecule has 4 heteroatoms. The molecule has 0 amide bonds. The smallest absolute Gasteiger partial charge is 0.321 e. The number of carboxylic acid groups (broad SMARTS) is 1. The van der Waals surface area contributed by atoms with Gasteiger partial charge in [-0.05, 0) is 37.9 Å². The summed E-state index contributed by atoms with van der Waals surface area (Å²) in [6.45, 7) is 2.82. The monoisotopic (exact) mass is 276 g/mol. The van der Waals surface area contributed by atoms with Gasteiger partial charge in [-0.3, -0.25) is 9.69 Å². The second-order valence-corrected chi connectivity index (χ2v) is 5.58. The number of rotatable bonds is 5. The summed E-state index contributed by atoms with van der Waals surface area (Å²) >= 11 is 0. The van der Waals surface area contributed by atoms with Crippen molar-refractivity contribution in [2.45, 2.75) is 31.8 Å². The van der Waals surface area contributed by atoms with Crippen LogP contribution >= 0.6 is 0 Å². The molecule has 0 aromatic heterocycles. The molecular formula is C16H24N2O2. The topological polar surface area (TPSA) is 52.6 Å². The lowest BCUT2D eigenvalue weighted by molar-refractivity contribution is -0.141. The van der Waals surface area contributed by atoms with Crippen LogP contribution in [0.25, 0.3) is 0 Å². The van der Waals surface area contributed by atoms with E-state index in [2.05, 4.69) is 34.5 Å². The average molecular weight is 276 g/mol. The number of likely N-dealkylation sites (tertiary alicyclic amines) is 1. The molecule has 4 nitrogen and oxygen atoms in total. The second-order valence-electron chi connectivity index (χ2n) is 5.58. The Morgan fingerprint density at radius 2 is 2.15 bits per heavy atom. The zero-order chi connectivity index (χ0) is 14.4. The Kier molecular flexibility index (Phi) is 5.56. The number of hydrogen-bond donors (Lipinski definition) is 2. The van der Waals surface area contributed by atoms with E-state index in [4.69, 9.17) is 0 Å². The minimum Gasteiger partial charge on any atom is -0.480 e. The highest BCUT2D eigenvalue weighted by Gasteiger charge is 2.29. The Morgan fingerprint density at radius 1 is 1.40 bits per heavy atom. The summed E-state index contributed by atoms with van der Waals surface area (Å²) in [5, 5.41) is 12.3. The fraction of sp³-hybridized carbons (Fsp3) is 0.562. The maximum atomic E-state index is 11.3. The number of carboxylic acids is 1. The van der Waals surface area contributed by atoms with E-state index in [1.807, 2.05) is 6.07 Å². The van der Waals surface area contributed by atoms with Crippen molar-refractivity contribution < 1.29 is 9.90 Å². The van der Waals surface area contributed by atoms with Gasteiger partial charge >= 0.3 is 5.97 Å². The largest absolute Gasteiger partial charge is 0.480 e. The zero-order valence-corrected chi connectivity index (χ0v) is 12.1. The van der Waals surface area contributed by atoms with Crippen molar-refractivity contribution in [1.29, 1.82) is 0 Å². The third-order valence-electron chi connectivity index (χ3n) is 4.09. The molecule has 2 N–H and O–H groups in total. The van der Waals surface area contributed by atoms with Crippen molar-refractivity contribution in [1.82, 2.24) is 10.2 Å². The molecule has 1 aromatic rings. The minimum atomic E-state index is -0.737. The Morgan fingerprint density at radius 3 is 2.80 bits per heavy atom. The van der Waals surface area contributed by atoms with Crippen LogP contribution in [-0.4, -0.2) is 42.2 Å². The van der Waals surface area contributed by atoms with Gasteiger partial charge in [0, 0.05) is 13.1 Å². The summed E-state index contributed by atoms with van der Waals surface area (Å²) < 4.78 is 0. The van der Waals surface area contributed by atoms with Crippen molar-refractivity contribution in [2.75, 3.05) is 20.1 Å². The quantitative estimate of drug-likeness (QED) is 0.863. The van der Waals surface area contributed by atoms with Crippen LogP contribution in [0.2, 0.25) is 0 Å². The molecule has 20 heavy (non-hydrogen) atoms. The van der Waals surface area contributed by atoms with E-state index in [1.54, 1.807) is 7.05 Å². The standard InChI is InChI=1S/C16H24N2O2/c1-17-15(16(19)20)14-9-5-6-10-18(12-14)11-13-7-3-2-4-8-13/h2-4,7-8,14-15,17H,5-6,9-12H2,1H3,(H,19,20). The highest BCUT2D eigenvalue weighted by Crippen LogP contribution is 2.21. The van der Waals surface area contributed by atoms with Crippen LogP contribution in [0, 0.1) is 5.92 Å². The number of carbonyl (C=O) groups is 1. The molecule has 1 aromatic carbocycles. The summed E-state index contributed by atoms with van der Waals surface area (Å²) in [6, 6.07) is 9.96. The third-order valence-corrected chi connectivity index (χ3v) is 4.09. The summed E-state index contributed by atoms with van der Waals surface area (Å²) in [5.74, 6) is -0.553. The first kappa shape index (κ1) is 15.0. The third kappa shape index (κ3) is 4.05. The van der Waals surface area contributed by atoms with Crippen LogP contribution in [0.15, 0.2) is 30.3 Å². The first-order chi connectivity index (χ1) is 9.70. The van der Waals surface area contributed by atoms with Gasteiger partial charge in [0.25, 0.3) is 0 Å². The van der Waals surface area contributed by atoms with Crippen molar-refractivity contribution in [2.24, 2.45) is 5.92 Å². The molecule has 1 aliphatic rings. The number of benzene rings is 1. The maximum absolute atomic E-state index is 11.3. The Balaban J connectivity index is 2.01. The van der Waals surface area contributed by atoms with Crippen LogP contribution in [0.5, 0.6) is 0 Å². The molecule has 1 heterocycles. The van der Waals surface area contributed by atoms with E-state index in [0.29, 0.717) is 0 Å². The lowest BCUT2D eigenvalue weighted by Gasteiger charge is -2.27.